The van der Waals surface area contributed by atoms with Gasteiger partial charge in [-0.05, 0) is 48.7 Å². The summed E-state index contributed by atoms with van der Waals surface area (Å²) in [5.74, 6) is -1.48. The largest absolute Gasteiger partial charge is 0.452 e. The van der Waals surface area contributed by atoms with Gasteiger partial charge in [0.05, 0.1) is 21.3 Å². The molecule has 0 atom stereocenters. The lowest BCUT2D eigenvalue weighted by atomic mass is 10.1. The fraction of sp³-hybridized carbons (Fsp3) is 0.190. The molecule has 1 saturated carbocycles. The molecule has 0 radical (unpaired) electrons. The van der Waals surface area contributed by atoms with E-state index in [1.807, 2.05) is 0 Å². The number of halogens is 2. The number of nitrogens with one attached hydrogen (secondary N) is 2. The molecule has 2 amide bonds. The molecule has 2 aromatic carbocycles. The molecule has 0 aromatic heterocycles. The summed E-state index contributed by atoms with van der Waals surface area (Å²) in [4.78, 5) is 36.2. The van der Waals surface area contributed by atoms with E-state index in [0.717, 1.165) is 12.8 Å². The summed E-state index contributed by atoms with van der Waals surface area (Å²) in [6, 6.07) is 11.8. The first-order valence-electron chi connectivity index (χ1n) is 8.92. The maximum absolute atomic E-state index is 12.3. The molecule has 29 heavy (non-hydrogen) atoms. The van der Waals surface area contributed by atoms with Gasteiger partial charge in [-0.1, -0.05) is 41.4 Å². The summed E-state index contributed by atoms with van der Waals surface area (Å²) < 4.78 is 4.93. The maximum atomic E-state index is 12.3. The molecule has 3 rings (SSSR count). The van der Waals surface area contributed by atoms with Gasteiger partial charge in [0.1, 0.15) is 0 Å². The van der Waals surface area contributed by atoms with Gasteiger partial charge in [-0.3, -0.25) is 9.59 Å². The number of carbonyl (C=O) groups is 3. The molecule has 0 unspecified atom stereocenters. The SMILES string of the molecule is O=C(COC(=O)/C=C/c1ccc(Cl)c(Cl)c1)Nc1ccccc1C(=O)NC1CC1. The number of ether oxygens (including phenoxy) is 1. The van der Waals surface area contributed by atoms with Crippen LogP contribution in [0.15, 0.2) is 48.5 Å². The monoisotopic (exact) mass is 432 g/mol. The van der Waals surface area contributed by atoms with Gasteiger partial charge >= 0.3 is 5.97 Å². The Morgan fingerprint density at radius 3 is 2.55 bits per heavy atom. The molecule has 2 aromatic rings. The summed E-state index contributed by atoms with van der Waals surface area (Å²) in [7, 11) is 0. The Bertz CT molecular complexity index is 971. The van der Waals surface area contributed by atoms with E-state index >= 15 is 0 Å². The normalized spacial score (nSPS) is 13.2. The molecule has 0 bridgehead atoms. The van der Waals surface area contributed by atoms with Crippen LogP contribution in [0.4, 0.5) is 5.69 Å². The highest BCUT2D eigenvalue weighted by Gasteiger charge is 2.25. The minimum absolute atomic E-state index is 0.203. The number of para-hydroxylation sites is 1. The second-order valence-corrected chi connectivity index (χ2v) is 7.27. The third kappa shape index (κ3) is 6.34. The van der Waals surface area contributed by atoms with Crippen LogP contribution in [0.3, 0.4) is 0 Å². The first kappa shape index (κ1) is 20.9. The summed E-state index contributed by atoms with van der Waals surface area (Å²) in [5.41, 5.74) is 1.38. The zero-order valence-electron chi connectivity index (χ0n) is 15.3. The first-order valence-corrected chi connectivity index (χ1v) is 9.67. The average Bonchev–Trinajstić information content (AvgIpc) is 3.51. The van der Waals surface area contributed by atoms with Crippen molar-refractivity contribution in [1.29, 1.82) is 0 Å². The van der Waals surface area contributed by atoms with Gasteiger partial charge in [-0.15, -0.1) is 0 Å². The summed E-state index contributed by atoms with van der Waals surface area (Å²) in [5, 5.41) is 6.24. The Balaban J connectivity index is 1.52. The molecule has 1 aliphatic carbocycles. The molecular weight excluding hydrogens is 415 g/mol. The summed E-state index contributed by atoms with van der Waals surface area (Å²) >= 11 is 11.7. The zero-order chi connectivity index (χ0) is 20.8. The fourth-order valence-electron chi connectivity index (χ4n) is 2.43. The number of esters is 1. The van der Waals surface area contributed by atoms with Crippen LogP contribution >= 0.6 is 23.2 Å². The molecule has 1 fully saturated rings. The number of amides is 2. The Morgan fingerprint density at radius 2 is 1.83 bits per heavy atom. The molecule has 0 heterocycles. The van der Waals surface area contributed by atoms with Crippen molar-refractivity contribution in [3.8, 4) is 0 Å². The van der Waals surface area contributed by atoms with E-state index in [2.05, 4.69) is 10.6 Å². The van der Waals surface area contributed by atoms with Crippen molar-refractivity contribution < 1.29 is 19.1 Å². The third-order valence-corrected chi connectivity index (χ3v) is 4.80. The number of carbonyl (C=O) groups excluding carboxylic acids is 3. The number of hydrogen-bond acceptors (Lipinski definition) is 4. The van der Waals surface area contributed by atoms with Crippen molar-refractivity contribution in [2.45, 2.75) is 18.9 Å². The number of hydrogen-bond donors (Lipinski definition) is 2. The molecule has 1 aliphatic rings. The Hall–Kier alpha value is -2.83. The highest BCUT2D eigenvalue weighted by Crippen LogP contribution is 2.23. The summed E-state index contributed by atoms with van der Waals surface area (Å²) in [6.07, 6.45) is 4.61. The van der Waals surface area contributed by atoms with Crippen LogP contribution in [0, 0.1) is 0 Å². The van der Waals surface area contributed by atoms with E-state index in [9.17, 15) is 14.4 Å². The highest BCUT2D eigenvalue weighted by molar-refractivity contribution is 6.42. The second-order valence-electron chi connectivity index (χ2n) is 6.46. The predicted molar refractivity (Wildman–Crippen MR) is 112 cm³/mol. The van der Waals surface area contributed by atoms with E-state index in [1.165, 1.54) is 12.2 Å². The van der Waals surface area contributed by atoms with Crippen LogP contribution in [-0.2, 0) is 14.3 Å². The molecule has 6 nitrogen and oxygen atoms in total. The third-order valence-electron chi connectivity index (χ3n) is 4.06. The molecule has 150 valence electrons. The van der Waals surface area contributed by atoms with E-state index in [1.54, 1.807) is 42.5 Å². The van der Waals surface area contributed by atoms with E-state index < -0.39 is 18.5 Å². The molecular formula is C21H18Cl2N2O4. The second kappa shape index (κ2) is 9.58. The van der Waals surface area contributed by atoms with Gasteiger partial charge in [0, 0.05) is 12.1 Å². The number of rotatable bonds is 7. The van der Waals surface area contributed by atoms with Gasteiger partial charge in [-0.25, -0.2) is 4.79 Å². The predicted octanol–water partition coefficient (Wildman–Crippen LogP) is 4.08. The van der Waals surface area contributed by atoms with Gasteiger partial charge in [0.2, 0.25) is 0 Å². The minimum atomic E-state index is -0.689. The lowest BCUT2D eigenvalue weighted by Crippen LogP contribution is -2.27. The fourth-order valence-corrected chi connectivity index (χ4v) is 2.74. The molecule has 0 aliphatic heterocycles. The van der Waals surface area contributed by atoms with Crippen LogP contribution in [-0.4, -0.2) is 30.4 Å². The van der Waals surface area contributed by atoms with Gasteiger partial charge < -0.3 is 15.4 Å². The molecule has 0 spiro atoms. The van der Waals surface area contributed by atoms with Crippen LogP contribution in [0.1, 0.15) is 28.8 Å². The van der Waals surface area contributed by atoms with Crippen molar-refractivity contribution in [3.63, 3.8) is 0 Å². The van der Waals surface area contributed by atoms with Crippen LogP contribution in [0.2, 0.25) is 10.0 Å². The van der Waals surface area contributed by atoms with E-state index in [4.69, 9.17) is 27.9 Å². The van der Waals surface area contributed by atoms with Crippen LogP contribution in [0.25, 0.3) is 6.08 Å². The lowest BCUT2D eigenvalue weighted by Gasteiger charge is -2.11. The Labute approximate surface area is 177 Å². The van der Waals surface area contributed by atoms with Crippen molar-refractivity contribution in [3.05, 3.63) is 69.7 Å². The molecule has 2 N–H and O–H groups in total. The Morgan fingerprint density at radius 1 is 1.07 bits per heavy atom. The standard InChI is InChI=1S/C21H18Cl2N2O4/c22-16-9-5-13(11-17(16)23)6-10-20(27)29-12-19(26)25-18-4-2-1-3-15(18)21(28)24-14-7-8-14/h1-6,9-11,14H,7-8,12H2,(H,24,28)(H,25,26)/b10-6+. The van der Waals surface area contributed by atoms with Crippen molar-refractivity contribution >= 4 is 52.7 Å². The quantitative estimate of drug-likeness (QED) is 0.509. The number of anilines is 1. The van der Waals surface area contributed by atoms with Crippen molar-refractivity contribution in [2.75, 3.05) is 11.9 Å². The van der Waals surface area contributed by atoms with Crippen molar-refractivity contribution in [2.24, 2.45) is 0 Å². The zero-order valence-corrected chi connectivity index (χ0v) is 16.8. The first-order chi connectivity index (χ1) is 13.9. The van der Waals surface area contributed by atoms with Gasteiger partial charge in [-0.2, -0.15) is 0 Å². The average molecular weight is 433 g/mol. The summed E-state index contributed by atoms with van der Waals surface area (Å²) in [6.45, 7) is -0.483. The van der Waals surface area contributed by atoms with Gasteiger partial charge in [0.25, 0.3) is 11.8 Å². The molecule has 8 heteroatoms. The highest BCUT2D eigenvalue weighted by atomic mass is 35.5. The Kier molecular flexibility index (Phi) is 6.90. The van der Waals surface area contributed by atoms with Crippen LogP contribution < -0.4 is 10.6 Å². The lowest BCUT2D eigenvalue weighted by molar-refractivity contribution is -0.142. The molecule has 0 saturated heterocycles. The van der Waals surface area contributed by atoms with Crippen LogP contribution in [0.5, 0.6) is 0 Å². The smallest absolute Gasteiger partial charge is 0.331 e. The topological polar surface area (TPSA) is 84.5 Å². The van der Waals surface area contributed by atoms with Gasteiger partial charge in [0.15, 0.2) is 6.61 Å². The van der Waals surface area contributed by atoms with E-state index in [0.29, 0.717) is 26.9 Å². The minimum Gasteiger partial charge on any atom is -0.452 e. The maximum Gasteiger partial charge on any atom is 0.331 e. The van der Waals surface area contributed by atoms with Crippen molar-refractivity contribution in [1.82, 2.24) is 5.32 Å². The number of benzene rings is 2. The van der Waals surface area contributed by atoms with E-state index in [-0.39, 0.29) is 11.9 Å².